The van der Waals surface area contributed by atoms with Crippen LogP contribution >= 0.6 is 27.3 Å². The number of rotatable bonds is 7. The van der Waals surface area contributed by atoms with Crippen molar-refractivity contribution in [3.63, 3.8) is 0 Å². The molecule has 0 spiro atoms. The highest BCUT2D eigenvalue weighted by Crippen LogP contribution is 2.37. The van der Waals surface area contributed by atoms with E-state index in [0.29, 0.717) is 34.0 Å². The number of ether oxygens (including phenoxy) is 2. The molecule has 1 heterocycles. The summed E-state index contributed by atoms with van der Waals surface area (Å²) >= 11 is 4.70. The molecule has 0 saturated heterocycles. The van der Waals surface area contributed by atoms with E-state index in [4.69, 9.17) is 9.47 Å². The van der Waals surface area contributed by atoms with Crippen LogP contribution in [0.1, 0.15) is 34.6 Å². The molecule has 0 saturated carbocycles. The molecular formula is C22H20BrNO4S. The summed E-state index contributed by atoms with van der Waals surface area (Å²) in [6, 6.07) is 14.6. The lowest BCUT2D eigenvalue weighted by molar-refractivity contribution is 0.0529. The normalized spacial score (nSPS) is 10.4. The first-order chi connectivity index (χ1) is 14.0. The third-order valence-electron chi connectivity index (χ3n) is 4.08. The van der Waals surface area contributed by atoms with Crippen LogP contribution in [0.4, 0.5) is 5.00 Å². The van der Waals surface area contributed by atoms with E-state index in [0.717, 1.165) is 10.0 Å². The smallest absolute Gasteiger partial charge is 0.341 e. The van der Waals surface area contributed by atoms with E-state index in [9.17, 15) is 9.59 Å². The molecule has 3 rings (SSSR count). The molecule has 3 aromatic rings. The number of amides is 1. The summed E-state index contributed by atoms with van der Waals surface area (Å²) < 4.78 is 11.7. The number of hydrogen-bond donors (Lipinski definition) is 1. The average Bonchev–Trinajstić information content (AvgIpc) is 3.13. The van der Waals surface area contributed by atoms with Gasteiger partial charge in [0.2, 0.25) is 0 Å². The molecule has 1 N–H and O–H groups in total. The first-order valence-corrected chi connectivity index (χ1v) is 10.8. The Balaban J connectivity index is 1.98. The van der Waals surface area contributed by atoms with Gasteiger partial charge in [-0.3, -0.25) is 4.79 Å². The highest BCUT2D eigenvalue weighted by Gasteiger charge is 2.24. The number of hydrogen-bond acceptors (Lipinski definition) is 5. The minimum absolute atomic E-state index is 0.245. The quantitative estimate of drug-likeness (QED) is 0.427. The van der Waals surface area contributed by atoms with Gasteiger partial charge in [-0.1, -0.05) is 40.2 Å². The maximum atomic E-state index is 12.9. The zero-order chi connectivity index (χ0) is 20.8. The maximum absolute atomic E-state index is 12.9. The number of carbonyl (C=O) groups is 2. The number of halogens is 1. The zero-order valence-corrected chi connectivity index (χ0v) is 18.4. The molecule has 7 heteroatoms. The number of thiophene rings is 1. The van der Waals surface area contributed by atoms with Crippen LogP contribution in [-0.2, 0) is 4.74 Å². The SMILES string of the molecule is CCOC(=O)c1c(-c2ccc(Br)cc2)csc1NC(=O)c1ccccc1OCC. The molecule has 0 fully saturated rings. The Morgan fingerprint density at radius 2 is 1.76 bits per heavy atom. The van der Waals surface area contributed by atoms with E-state index in [-0.39, 0.29) is 12.5 Å². The molecular weight excluding hydrogens is 454 g/mol. The van der Waals surface area contributed by atoms with Gasteiger partial charge in [0.15, 0.2) is 0 Å². The van der Waals surface area contributed by atoms with Gasteiger partial charge in [0.1, 0.15) is 16.3 Å². The lowest BCUT2D eigenvalue weighted by Crippen LogP contribution is -2.16. The molecule has 150 valence electrons. The van der Waals surface area contributed by atoms with Crippen LogP contribution in [0.2, 0.25) is 0 Å². The Morgan fingerprint density at radius 3 is 2.45 bits per heavy atom. The lowest BCUT2D eigenvalue weighted by atomic mass is 10.0. The largest absolute Gasteiger partial charge is 0.493 e. The van der Waals surface area contributed by atoms with Crippen LogP contribution in [0, 0.1) is 0 Å². The second kappa shape index (κ2) is 9.71. The minimum Gasteiger partial charge on any atom is -0.493 e. The van der Waals surface area contributed by atoms with Gasteiger partial charge < -0.3 is 14.8 Å². The van der Waals surface area contributed by atoms with Crippen molar-refractivity contribution in [3.8, 4) is 16.9 Å². The van der Waals surface area contributed by atoms with Crippen LogP contribution in [-0.4, -0.2) is 25.1 Å². The van der Waals surface area contributed by atoms with Crippen LogP contribution < -0.4 is 10.1 Å². The van der Waals surface area contributed by atoms with Crippen LogP contribution in [0.3, 0.4) is 0 Å². The zero-order valence-electron chi connectivity index (χ0n) is 16.0. The van der Waals surface area contributed by atoms with E-state index in [1.54, 1.807) is 25.1 Å². The second-order valence-electron chi connectivity index (χ2n) is 5.96. The van der Waals surface area contributed by atoms with Gasteiger partial charge in [-0.15, -0.1) is 11.3 Å². The fourth-order valence-corrected chi connectivity index (χ4v) is 4.02. The van der Waals surface area contributed by atoms with Crippen molar-refractivity contribution in [2.45, 2.75) is 13.8 Å². The van der Waals surface area contributed by atoms with E-state index in [2.05, 4.69) is 21.2 Å². The average molecular weight is 474 g/mol. The summed E-state index contributed by atoms with van der Waals surface area (Å²) in [7, 11) is 0. The molecule has 5 nitrogen and oxygen atoms in total. The highest BCUT2D eigenvalue weighted by atomic mass is 79.9. The van der Waals surface area contributed by atoms with Crippen LogP contribution in [0.15, 0.2) is 58.4 Å². The summed E-state index contributed by atoms with van der Waals surface area (Å²) in [6.45, 7) is 4.30. The van der Waals surface area contributed by atoms with Crippen molar-refractivity contribution in [3.05, 3.63) is 69.5 Å². The fraction of sp³-hybridized carbons (Fsp3) is 0.182. The number of anilines is 1. The number of para-hydroxylation sites is 1. The lowest BCUT2D eigenvalue weighted by Gasteiger charge is -2.11. The molecule has 1 aromatic heterocycles. The molecule has 0 aliphatic heterocycles. The molecule has 0 aliphatic rings. The molecule has 0 unspecified atom stereocenters. The number of carbonyl (C=O) groups excluding carboxylic acids is 2. The van der Waals surface area contributed by atoms with Gasteiger partial charge in [0.05, 0.1) is 18.8 Å². The standard InChI is InChI=1S/C22H20BrNO4S/c1-3-27-18-8-6-5-7-16(18)20(25)24-21-19(22(26)28-4-2)17(13-29-21)14-9-11-15(23)12-10-14/h5-13H,3-4H2,1-2H3,(H,24,25). The summed E-state index contributed by atoms with van der Waals surface area (Å²) in [5.41, 5.74) is 2.33. The van der Waals surface area contributed by atoms with Crippen molar-refractivity contribution in [1.82, 2.24) is 0 Å². The van der Waals surface area contributed by atoms with Crippen molar-refractivity contribution in [1.29, 1.82) is 0 Å². The van der Waals surface area contributed by atoms with Gasteiger partial charge in [-0.05, 0) is 43.7 Å². The van der Waals surface area contributed by atoms with E-state index < -0.39 is 5.97 Å². The second-order valence-corrected chi connectivity index (χ2v) is 7.76. The number of esters is 1. The summed E-state index contributed by atoms with van der Waals surface area (Å²) in [5.74, 6) is -0.321. The number of benzene rings is 2. The fourth-order valence-electron chi connectivity index (χ4n) is 2.80. The Labute approximate surface area is 181 Å². The van der Waals surface area contributed by atoms with E-state index >= 15 is 0 Å². The Morgan fingerprint density at radius 1 is 1.03 bits per heavy atom. The Bertz CT molecular complexity index is 1010. The third-order valence-corrected chi connectivity index (χ3v) is 5.51. The van der Waals surface area contributed by atoms with E-state index in [1.165, 1.54) is 11.3 Å². The highest BCUT2D eigenvalue weighted by molar-refractivity contribution is 9.10. The van der Waals surface area contributed by atoms with Crippen molar-refractivity contribution in [2.24, 2.45) is 0 Å². The first kappa shape index (κ1) is 21.1. The van der Waals surface area contributed by atoms with Gasteiger partial charge in [0.25, 0.3) is 5.91 Å². The van der Waals surface area contributed by atoms with Crippen molar-refractivity contribution < 1.29 is 19.1 Å². The Kier molecular flexibility index (Phi) is 7.06. The van der Waals surface area contributed by atoms with Crippen LogP contribution in [0.5, 0.6) is 5.75 Å². The molecule has 0 radical (unpaired) electrons. The summed E-state index contributed by atoms with van der Waals surface area (Å²) in [6.07, 6.45) is 0. The molecule has 0 atom stereocenters. The predicted molar refractivity (Wildman–Crippen MR) is 119 cm³/mol. The summed E-state index contributed by atoms with van der Waals surface area (Å²) in [5, 5.41) is 5.15. The molecule has 2 aromatic carbocycles. The predicted octanol–water partition coefficient (Wildman–Crippen LogP) is 6.01. The maximum Gasteiger partial charge on any atom is 0.341 e. The monoisotopic (exact) mass is 473 g/mol. The van der Waals surface area contributed by atoms with E-state index in [1.807, 2.05) is 42.6 Å². The third kappa shape index (κ3) is 4.86. The van der Waals surface area contributed by atoms with Gasteiger partial charge >= 0.3 is 5.97 Å². The topological polar surface area (TPSA) is 64.6 Å². The van der Waals surface area contributed by atoms with Gasteiger partial charge in [-0.25, -0.2) is 4.79 Å². The molecule has 29 heavy (non-hydrogen) atoms. The van der Waals surface area contributed by atoms with Gasteiger partial charge in [0, 0.05) is 15.4 Å². The minimum atomic E-state index is -0.472. The molecule has 0 aliphatic carbocycles. The van der Waals surface area contributed by atoms with Crippen molar-refractivity contribution >= 4 is 44.1 Å². The van der Waals surface area contributed by atoms with Gasteiger partial charge in [-0.2, -0.15) is 0 Å². The summed E-state index contributed by atoms with van der Waals surface area (Å²) in [4.78, 5) is 25.6. The van der Waals surface area contributed by atoms with Crippen molar-refractivity contribution in [2.75, 3.05) is 18.5 Å². The van der Waals surface area contributed by atoms with Crippen LogP contribution in [0.25, 0.3) is 11.1 Å². The Hall–Kier alpha value is -2.64. The number of nitrogens with one attached hydrogen (secondary N) is 1. The first-order valence-electron chi connectivity index (χ1n) is 9.12. The molecule has 0 bridgehead atoms. The molecule has 1 amide bonds.